The van der Waals surface area contributed by atoms with Crippen molar-refractivity contribution in [2.45, 2.75) is 51.5 Å². The van der Waals surface area contributed by atoms with E-state index in [0.29, 0.717) is 16.9 Å². The molecule has 0 aliphatic carbocycles. The standard InChI is InChI=1S/C30H31N5O5S/c1-17(2)27(35-14-21-6-4-5-19(11-31)26(21)29(35)38)30(39)34-15-22(36)10-23(34)28(37)33-12-20-8-7-18(9-24(20)40-3)25-13-32-16-41-25/h4-9,13,16-17,22-23,27,36H,10,12,14-15H2,1-3H3,(H,33,37)/t22-,23+,27?/m1/s1. The summed E-state index contributed by atoms with van der Waals surface area (Å²) in [5, 5.41) is 22.9. The summed E-state index contributed by atoms with van der Waals surface area (Å²) in [6, 6.07) is 11.1. The van der Waals surface area contributed by atoms with Crippen molar-refractivity contribution in [1.82, 2.24) is 20.1 Å². The number of β-amino-alcohol motifs (C(OH)–C–C–N with tert-alkyl or cyclic N) is 1. The molecule has 3 heterocycles. The van der Waals surface area contributed by atoms with Crippen molar-refractivity contribution in [3.05, 3.63) is 70.4 Å². The maximum absolute atomic E-state index is 14.0. The summed E-state index contributed by atoms with van der Waals surface area (Å²) < 4.78 is 5.56. The lowest BCUT2D eigenvalue weighted by Crippen LogP contribution is -2.55. The Morgan fingerprint density at radius 1 is 1.29 bits per heavy atom. The van der Waals surface area contributed by atoms with E-state index in [9.17, 15) is 24.8 Å². The number of ether oxygens (including phenoxy) is 1. The highest BCUT2D eigenvalue weighted by Gasteiger charge is 2.46. The number of amides is 3. The summed E-state index contributed by atoms with van der Waals surface area (Å²) in [5.74, 6) is -0.830. The molecular formula is C30H31N5O5S. The van der Waals surface area contributed by atoms with Gasteiger partial charge in [0.25, 0.3) is 5.91 Å². The first-order valence-electron chi connectivity index (χ1n) is 13.4. The van der Waals surface area contributed by atoms with E-state index in [4.69, 9.17) is 4.74 Å². The van der Waals surface area contributed by atoms with Gasteiger partial charge in [0.15, 0.2) is 0 Å². The Kier molecular flexibility index (Phi) is 8.06. The number of hydrogen-bond donors (Lipinski definition) is 2. The lowest BCUT2D eigenvalue weighted by Gasteiger charge is -2.35. The van der Waals surface area contributed by atoms with E-state index in [1.54, 1.807) is 37.0 Å². The maximum Gasteiger partial charge on any atom is 0.256 e. The molecule has 3 amide bonds. The number of nitriles is 1. The van der Waals surface area contributed by atoms with Crippen LogP contribution < -0.4 is 10.1 Å². The second kappa shape index (κ2) is 11.7. The number of carbonyl (C=O) groups is 3. The number of aromatic nitrogens is 1. The van der Waals surface area contributed by atoms with Gasteiger partial charge in [-0.1, -0.05) is 38.1 Å². The zero-order chi connectivity index (χ0) is 29.3. The second-order valence-corrected chi connectivity index (χ2v) is 11.5. The van der Waals surface area contributed by atoms with Gasteiger partial charge in [-0.15, -0.1) is 11.3 Å². The summed E-state index contributed by atoms with van der Waals surface area (Å²) in [6.45, 7) is 4.04. The van der Waals surface area contributed by atoms with Crippen molar-refractivity contribution in [2.75, 3.05) is 13.7 Å². The van der Waals surface area contributed by atoms with Crippen LogP contribution >= 0.6 is 11.3 Å². The van der Waals surface area contributed by atoms with E-state index in [1.807, 2.05) is 32.0 Å². The minimum atomic E-state index is -0.893. The third-order valence-electron chi connectivity index (χ3n) is 7.63. The number of fused-ring (bicyclic) bond motifs is 1. The number of likely N-dealkylation sites (tertiary alicyclic amines) is 1. The number of aliphatic hydroxyl groups excluding tert-OH is 1. The summed E-state index contributed by atoms with van der Waals surface area (Å²) in [6.07, 6.45) is 1.00. The number of carbonyl (C=O) groups excluding carboxylic acids is 3. The first-order valence-corrected chi connectivity index (χ1v) is 14.3. The minimum Gasteiger partial charge on any atom is -0.496 e. The fourth-order valence-electron chi connectivity index (χ4n) is 5.66. The molecule has 0 saturated carbocycles. The molecular weight excluding hydrogens is 542 g/mol. The molecule has 3 aromatic rings. The van der Waals surface area contributed by atoms with Crippen LogP contribution in [0.25, 0.3) is 10.4 Å². The van der Waals surface area contributed by atoms with Gasteiger partial charge in [0.05, 0.1) is 40.8 Å². The molecule has 1 saturated heterocycles. The maximum atomic E-state index is 14.0. The first-order chi connectivity index (χ1) is 19.7. The Morgan fingerprint density at radius 3 is 2.78 bits per heavy atom. The molecule has 5 rings (SSSR count). The van der Waals surface area contributed by atoms with Crippen molar-refractivity contribution in [1.29, 1.82) is 5.26 Å². The highest BCUT2D eigenvalue weighted by molar-refractivity contribution is 7.13. The molecule has 2 aliphatic heterocycles. The number of nitrogens with zero attached hydrogens (tertiary/aromatic N) is 4. The van der Waals surface area contributed by atoms with Crippen LogP contribution in [0.5, 0.6) is 5.75 Å². The Labute approximate surface area is 242 Å². The van der Waals surface area contributed by atoms with Crippen LogP contribution in [0, 0.1) is 17.2 Å². The zero-order valence-corrected chi connectivity index (χ0v) is 23.9. The minimum absolute atomic E-state index is 0.00850. The van der Waals surface area contributed by atoms with E-state index in [0.717, 1.165) is 16.0 Å². The Morgan fingerprint density at radius 2 is 2.10 bits per heavy atom. The number of hydrogen-bond acceptors (Lipinski definition) is 8. The van der Waals surface area contributed by atoms with Crippen molar-refractivity contribution in [3.63, 3.8) is 0 Å². The van der Waals surface area contributed by atoms with Crippen LogP contribution in [0.1, 0.15) is 47.3 Å². The van der Waals surface area contributed by atoms with Gasteiger partial charge >= 0.3 is 0 Å². The molecule has 1 unspecified atom stereocenters. The molecule has 2 aromatic carbocycles. The van der Waals surface area contributed by atoms with Crippen molar-refractivity contribution in [2.24, 2.45) is 5.92 Å². The van der Waals surface area contributed by atoms with Crippen LogP contribution in [0.15, 0.2) is 48.1 Å². The quantitative estimate of drug-likeness (QED) is 0.423. The molecule has 1 aromatic heterocycles. The number of aliphatic hydroxyl groups is 1. The number of methoxy groups -OCH3 is 1. The van der Waals surface area contributed by atoms with E-state index in [1.165, 1.54) is 21.1 Å². The van der Waals surface area contributed by atoms with Crippen molar-refractivity contribution >= 4 is 29.1 Å². The van der Waals surface area contributed by atoms with Gasteiger partial charge in [-0.3, -0.25) is 19.4 Å². The topological polar surface area (TPSA) is 136 Å². The Balaban J connectivity index is 1.32. The molecule has 212 valence electrons. The fourth-order valence-corrected chi connectivity index (χ4v) is 6.28. The van der Waals surface area contributed by atoms with Crippen molar-refractivity contribution in [3.8, 4) is 22.3 Å². The number of benzene rings is 2. The van der Waals surface area contributed by atoms with Gasteiger partial charge in [-0.25, -0.2) is 0 Å². The average Bonchev–Trinajstić information content (AvgIpc) is 3.71. The van der Waals surface area contributed by atoms with Gasteiger partial charge < -0.3 is 25.0 Å². The smallest absolute Gasteiger partial charge is 0.256 e. The van der Waals surface area contributed by atoms with Gasteiger partial charge in [0.2, 0.25) is 11.8 Å². The SMILES string of the molecule is COc1cc(-c2cncs2)ccc1CNC(=O)[C@@H]1C[C@@H](O)CN1C(=O)C(C(C)C)N1Cc2cccc(C#N)c2C1=O. The summed E-state index contributed by atoms with van der Waals surface area (Å²) in [5.41, 5.74) is 4.76. The van der Waals surface area contributed by atoms with Gasteiger partial charge in [-0.05, 0) is 29.2 Å². The largest absolute Gasteiger partial charge is 0.496 e. The third-order valence-corrected chi connectivity index (χ3v) is 8.45. The average molecular weight is 574 g/mol. The van der Waals surface area contributed by atoms with Crippen molar-refractivity contribution < 1.29 is 24.2 Å². The predicted molar refractivity (Wildman–Crippen MR) is 152 cm³/mol. The molecule has 1 fully saturated rings. The zero-order valence-electron chi connectivity index (χ0n) is 23.0. The molecule has 41 heavy (non-hydrogen) atoms. The summed E-state index contributed by atoms with van der Waals surface area (Å²) in [4.78, 5) is 48.7. The lowest BCUT2D eigenvalue weighted by molar-refractivity contribution is -0.143. The molecule has 10 nitrogen and oxygen atoms in total. The molecule has 0 bridgehead atoms. The third kappa shape index (κ3) is 5.40. The highest BCUT2D eigenvalue weighted by Crippen LogP contribution is 2.32. The summed E-state index contributed by atoms with van der Waals surface area (Å²) >= 11 is 1.51. The monoisotopic (exact) mass is 573 g/mol. The predicted octanol–water partition coefficient (Wildman–Crippen LogP) is 2.95. The summed E-state index contributed by atoms with van der Waals surface area (Å²) in [7, 11) is 1.56. The van der Waals surface area contributed by atoms with Crippen LogP contribution in [0.4, 0.5) is 0 Å². The van der Waals surface area contributed by atoms with Gasteiger partial charge in [0, 0.05) is 37.8 Å². The molecule has 0 spiro atoms. The molecule has 2 aliphatic rings. The molecule has 3 atom stereocenters. The number of thiazole rings is 1. The van der Waals surface area contributed by atoms with Crippen LogP contribution in [-0.4, -0.2) is 69.5 Å². The van der Waals surface area contributed by atoms with E-state index >= 15 is 0 Å². The fraction of sp³-hybridized carbons (Fsp3) is 0.367. The molecule has 2 N–H and O–H groups in total. The molecule has 11 heteroatoms. The van der Waals surface area contributed by atoms with Crippen LogP contribution in [0.2, 0.25) is 0 Å². The Hall–Kier alpha value is -4.27. The Bertz CT molecular complexity index is 1520. The first kappa shape index (κ1) is 28.3. The molecule has 0 radical (unpaired) electrons. The lowest BCUT2D eigenvalue weighted by atomic mass is 10.00. The van der Waals surface area contributed by atoms with E-state index in [-0.39, 0.29) is 43.4 Å². The number of nitrogens with one attached hydrogen (secondary N) is 1. The van der Waals surface area contributed by atoms with E-state index < -0.39 is 30.0 Å². The van der Waals surface area contributed by atoms with Crippen LogP contribution in [-0.2, 0) is 22.7 Å². The van der Waals surface area contributed by atoms with Gasteiger partial charge in [0.1, 0.15) is 17.8 Å². The van der Waals surface area contributed by atoms with Gasteiger partial charge in [-0.2, -0.15) is 5.26 Å². The highest BCUT2D eigenvalue weighted by atomic mass is 32.1. The number of rotatable bonds is 8. The second-order valence-electron chi connectivity index (χ2n) is 10.6. The van der Waals surface area contributed by atoms with Crippen LogP contribution in [0.3, 0.4) is 0 Å². The van der Waals surface area contributed by atoms with E-state index in [2.05, 4.69) is 16.4 Å². The normalized spacial score (nSPS) is 18.8.